The Hall–Kier alpha value is -2.64. The molecule has 32 heavy (non-hydrogen) atoms. The Morgan fingerprint density at radius 1 is 0.875 bits per heavy atom. The van der Waals surface area contributed by atoms with Crippen LogP contribution in [-0.2, 0) is 4.74 Å². The van der Waals surface area contributed by atoms with Gasteiger partial charge in [-0.3, -0.25) is 4.98 Å². The fourth-order valence-corrected chi connectivity index (χ4v) is 3.62. The van der Waals surface area contributed by atoms with Gasteiger partial charge in [-0.2, -0.15) is 4.98 Å². The molecule has 0 bridgehead atoms. The van der Waals surface area contributed by atoms with E-state index >= 15 is 0 Å². The normalized spacial score (nSPS) is 11.0. The zero-order valence-electron chi connectivity index (χ0n) is 19.0. The van der Waals surface area contributed by atoms with E-state index in [4.69, 9.17) is 16.3 Å². The van der Waals surface area contributed by atoms with Crippen LogP contribution in [-0.4, -0.2) is 48.3 Å². The van der Waals surface area contributed by atoms with Crippen LogP contribution in [0.4, 0.5) is 17.5 Å². The third-order valence-electron chi connectivity index (χ3n) is 5.09. The molecular formula is C24H33ClN6O. The van der Waals surface area contributed by atoms with E-state index in [0.29, 0.717) is 11.0 Å². The van der Waals surface area contributed by atoms with Crippen LogP contribution < -0.4 is 16.0 Å². The Kier molecular flexibility index (Phi) is 9.78. The Balaban J connectivity index is 1.37. The average Bonchev–Trinajstić information content (AvgIpc) is 2.78. The summed E-state index contributed by atoms with van der Waals surface area (Å²) in [6.45, 7) is 5.43. The molecule has 0 unspecified atom stereocenters. The molecule has 0 saturated carbocycles. The number of ether oxygens (including phenoxy) is 1. The van der Waals surface area contributed by atoms with Crippen LogP contribution in [0.1, 0.15) is 37.8 Å². The van der Waals surface area contributed by atoms with Crippen LogP contribution in [0, 0.1) is 6.92 Å². The van der Waals surface area contributed by atoms with Gasteiger partial charge in [-0.1, -0.05) is 11.6 Å². The minimum absolute atomic E-state index is 0.686. The number of unbranched alkanes of at least 4 members (excludes halogenated alkanes) is 3. The second kappa shape index (κ2) is 13.0. The van der Waals surface area contributed by atoms with Gasteiger partial charge in [0.15, 0.2) is 0 Å². The van der Waals surface area contributed by atoms with Gasteiger partial charge in [0.25, 0.3) is 0 Å². The van der Waals surface area contributed by atoms with Crippen molar-refractivity contribution in [3.63, 3.8) is 0 Å². The maximum Gasteiger partial charge on any atom is 0.224 e. The first-order chi connectivity index (χ1) is 15.7. The monoisotopic (exact) mass is 456 g/mol. The lowest BCUT2D eigenvalue weighted by atomic mass is 10.2. The number of nitrogens with one attached hydrogen (secondary N) is 3. The maximum absolute atomic E-state index is 6.07. The molecule has 0 radical (unpaired) electrons. The molecule has 0 aliphatic carbocycles. The van der Waals surface area contributed by atoms with E-state index in [0.717, 1.165) is 86.4 Å². The van der Waals surface area contributed by atoms with Crippen LogP contribution in [0.3, 0.4) is 0 Å². The highest BCUT2D eigenvalue weighted by atomic mass is 35.5. The van der Waals surface area contributed by atoms with E-state index in [2.05, 4.69) is 30.9 Å². The Labute approximate surface area is 195 Å². The van der Waals surface area contributed by atoms with Crippen molar-refractivity contribution in [1.29, 1.82) is 0 Å². The summed E-state index contributed by atoms with van der Waals surface area (Å²) in [4.78, 5) is 13.4. The van der Waals surface area contributed by atoms with Gasteiger partial charge in [0.2, 0.25) is 5.95 Å². The molecule has 2 aromatic heterocycles. The van der Waals surface area contributed by atoms with Gasteiger partial charge in [-0.05, 0) is 63.3 Å². The molecule has 0 saturated heterocycles. The summed E-state index contributed by atoms with van der Waals surface area (Å²) < 4.78 is 5.08. The molecule has 3 N–H and O–H groups in total. The number of fused-ring (bicyclic) bond motifs is 1. The molecule has 0 amide bonds. The summed E-state index contributed by atoms with van der Waals surface area (Å²) in [7, 11) is 1.74. The molecule has 172 valence electrons. The third kappa shape index (κ3) is 7.80. The van der Waals surface area contributed by atoms with Crippen LogP contribution in [0.25, 0.3) is 10.9 Å². The van der Waals surface area contributed by atoms with Crippen molar-refractivity contribution in [2.75, 3.05) is 49.3 Å². The minimum Gasteiger partial charge on any atom is -0.385 e. The summed E-state index contributed by atoms with van der Waals surface area (Å²) in [5.74, 6) is 1.55. The molecule has 3 aromatic rings. The predicted octanol–water partition coefficient (Wildman–Crippen LogP) is 5.52. The first-order valence-electron chi connectivity index (χ1n) is 11.3. The van der Waals surface area contributed by atoms with Crippen molar-refractivity contribution in [2.24, 2.45) is 0 Å². The van der Waals surface area contributed by atoms with E-state index < -0.39 is 0 Å². The van der Waals surface area contributed by atoms with E-state index in [1.54, 1.807) is 7.11 Å². The van der Waals surface area contributed by atoms with Crippen LogP contribution >= 0.6 is 11.6 Å². The number of aromatic nitrogens is 3. The number of halogens is 1. The molecule has 1 aromatic carbocycles. The Morgan fingerprint density at radius 2 is 1.66 bits per heavy atom. The molecule has 8 heteroatoms. The second-order valence-electron chi connectivity index (χ2n) is 7.78. The number of nitrogens with zero attached hydrogens (tertiary/aromatic N) is 3. The van der Waals surface area contributed by atoms with Crippen molar-refractivity contribution in [3.05, 3.63) is 47.2 Å². The summed E-state index contributed by atoms with van der Waals surface area (Å²) in [5, 5.41) is 12.0. The highest BCUT2D eigenvalue weighted by Crippen LogP contribution is 2.24. The zero-order chi connectivity index (χ0) is 22.6. The number of aryl methyl sites for hydroxylation is 1. The SMILES string of the molecule is COCCCCCNc1nc(C)cc(NCCCCNc2ccnc3cc(Cl)ccc23)n1. The molecule has 0 spiro atoms. The molecule has 2 heterocycles. The van der Waals surface area contributed by atoms with Crippen molar-refractivity contribution in [3.8, 4) is 0 Å². The van der Waals surface area contributed by atoms with Crippen molar-refractivity contribution in [1.82, 2.24) is 15.0 Å². The summed E-state index contributed by atoms with van der Waals surface area (Å²) >= 11 is 6.07. The summed E-state index contributed by atoms with van der Waals surface area (Å²) in [6.07, 6.45) is 7.19. The van der Waals surface area contributed by atoms with Crippen LogP contribution in [0.2, 0.25) is 5.02 Å². The largest absolute Gasteiger partial charge is 0.385 e. The number of hydrogen-bond donors (Lipinski definition) is 3. The number of benzene rings is 1. The molecule has 0 atom stereocenters. The van der Waals surface area contributed by atoms with E-state index in [-0.39, 0.29) is 0 Å². The lowest BCUT2D eigenvalue weighted by molar-refractivity contribution is 0.192. The van der Waals surface area contributed by atoms with Gasteiger partial charge >= 0.3 is 0 Å². The number of methoxy groups -OCH3 is 1. The molecule has 0 fully saturated rings. The first kappa shape index (κ1) is 24.0. The van der Waals surface area contributed by atoms with Crippen molar-refractivity contribution < 1.29 is 4.74 Å². The van der Waals surface area contributed by atoms with Gasteiger partial charge in [-0.25, -0.2) is 4.98 Å². The topological polar surface area (TPSA) is 84.0 Å². The summed E-state index contributed by atoms with van der Waals surface area (Å²) in [5.41, 5.74) is 2.95. The highest BCUT2D eigenvalue weighted by molar-refractivity contribution is 6.31. The number of pyridine rings is 1. The Bertz CT molecular complexity index is 984. The third-order valence-corrected chi connectivity index (χ3v) is 5.33. The standard InChI is InChI=1S/C24H33ClN6O/c1-18-16-23(31-24(30-18)29-13-4-3-7-15-32-2)28-12-6-5-11-26-21-10-14-27-22-17-19(25)8-9-20(21)22/h8-10,14,16-17H,3-7,11-13,15H2,1-2H3,(H,26,27)(H2,28,29,30,31). The number of rotatable bonds is 14. The second-order valence-corrected chi connectivity index (χ2v) is 8.22. The fourth-order valence-electron chi connectivity index (χ4n) is 3.45. The maximum atomic E-state index is 6.07. The van der Waals surface area contributed by atoms with Crippen molar-refractivity contribution in [2.45, 2.75) is 39.0 Å². The molecule has 0 aliphatic rings. The van der Waals surface area contributed by atoms with Crippen LogP contribution in [0.15, 0.2) is 36.5 Å². The van der Waals surface area contributed by atoms with Gasteiger partial charge in [-0.15, -0.1) is 0 Å². The van der Waals surface area contributed by atoms with Gasteiger partial charge in [0.05, 0.1) is 5.52 Å². The predicted molar refractivity (Wildman–Crippen MR) is 134 cm³/mol. The lowest BCUT2D eigenvalue weighted by Gasteiger charge is -2.11. The minimum atomic E-state index is 0.686. The summed E-state index contributed by atoms with van der Waals surface area (Å²) in [6, 6.07) is 9.78. The molecular weight excluding hydrogens is 424 g/mol. The molecule has 7 nitrogen and oxygen atoms in total. The average molecular weight is 457 g/mol. The molecule has 0 aliphatic heterocycles. The Morgan fingerprint density at radius 3 is 2.50 bits per heavy atom. The van der Waals surface area contributed by atoms with Crippen LogP contribution in [0.5, 0.6) is 0 Å². The number of anilines is 3. The smallest absolute Gasteiger partial charge is 0.224 e. The van der Waals surface area contributed by atoms with E-state index in [1.807, 2.05) is 43.5 Å². The lowest BCUT2D eigenvalue weighted by Crippen LogP contribution is -2.11. The zero-order valence-corrected chi connectivity index (χ0v) is 19.7. The number of hydrogen-bond acceptors (Lipinski definition) is 7. The first-order valence-corrected chi connectivity index (χ1v) is 11.6. The van der Waals surface area contributed by atoms with E-state index in [9.17, 15) is 0 Å². The highest BCUT2D eigenvalue weighted by Gasteiger charge is 2.04. The van der Waals surface area contributed by atoms with Crippen molar-refractivity contribution >= 4 is 40.0 Å². The van der Waals surface area contributed by atoms with Gasteiger partial charge in [0.1, 0.15) is 5.82 Å². The van der Waals surface area contributed by atoms with Gasteiger partial charge < -0.3 is 20.7 Å². The van der Waals surface area contributed by atoms with Gasteiger partial charge in [0, 0.05) is 67.4 Å². The molecule has 3 rings (SSSR count). The van der Waals surface area contributed by atoms with E-state index in [1.165, 1.54) is 0 Å². The fraction of sp³-hybridized carbons (Fsp3) is 0.458. The quantitative estimate of drug-likeness (QED) is 0.275.